The Labute approximate surface area is 96.7 Å². The van der Waals surface area contributed by atoms with Crippen molar-refractivity contribution in [3.05, 3.63) is 34.8 Å². The summed E-state index contributed by atoms with van der Waals surface area (Å²) < 4.78 is 5.49. The fourth-order valence-electron chi connectivity index (χ4n) is 1.08. The van der Waals surface area contributed by atoms with Crippen LogP contribution in [0.4, 0.5) is 5.69 Å². The molecule has 0 saturated heterocycles. The molecule has 0 saturated carbocycles. The third-order valence-corrected chi connectivity index (χ3v) is 2.84. The van der Waals surface area contributed by atoms with E-state index in [1.807, 2.05) is 31.3 Å². The minimum atomic E-state index is 0.460. The molecule has 2 rings (SSSR count). The first-order chi connectivity index (χ1) is 7.28. The van der Waals surface area contributed by atoms with Gasteiger partial charge in [0.05, 0.1) is 0 Å². The van der Waals surface area contributed by atoms with Crippen molar-refractivity contribution in [2.75, 3.05) is 12.4 Å². The van der Waals surface area contributed by atoms with E-state index in [4.69, 9.17) is 16.3 Å². The van der Waals surface area contributed by atoms with E-state index in [0.29, 0.717) is 10.3 Å². The molecule has 0 amide bonds. The molecule has 1 heterocycles. The first-order valence-electron chi connectivity index (χ1n) is 4.34. The molecule has 0 bridgehead atoms. The maximum Gasteiger partial charge on any atom is 0.280 e. The fraction of sp³-hybridized carbons (Fsp3) is 0.100. The number of halogens is 1. The lowest BCUT2D eigenvalue weighted by molar-refractivity contribution is 0.479. The number of nitrogens with zero attached hydrogens (tertiary/aromatic N) is 1. The molecular weight excluding hydrogens is 232 g/mol. The van der Waals surface area contributed by atoms with Crippen LogP contribution in [0.5, 0.6) is 10.9 Å². The molecule has 0 spiro atoms. The summed E-state index contributed by atoms with van der Waals surface area (Å²) in [5, 5.41) is 5.78. The topological polar surface area (TPSA) is 34.1 Å². The second kappa shape index (κ2) is 4.51. The molecule has 0 radical (unpaired) electrons. The third kappa shape index (κ3) is 2.61. The standard InChI is InChI=1S/C10H9ClN2OS/c1-12-7-2-4-8(5-3-7)14-10-13-9(11)6-15-10/h2-6,12H,1H3. The van der Waals surface area contributed by atoms with Crippen LogP contribution >= 0.6 is 22.9 Å². The predicted octanol–water partition coefficient (Wildman–Crippen LogP) is 3.63. The minimum Gasteiger partial charge on any atom is -0.431 e. The number of thiazole rings is 1. The van der Waals surface area contributed by atoms with Gasteiger partial charge >= 0.3 is 0 Å². The Balaban J connectivity index is 2.11. The molecule has 0 aliphatic carbocycles. The molecule has 1 N–H and O–H groups in total. The van der Waals surface area contributed by atoms with E-state index in [2.05, 4.69) is 10.3 Å². The molecule has 0 fully saturated rings. The van der Waals surface area contributed by atoms with E-state index < -0.39 is 0 Å². The zero-order valence-corrected chi connectivity index (χ0v) is 9.60. The summed E-state index contributed by atoms with van der Waals surface area (Å²) in [6.07, 6.45) is 0. The number of anilines is 1. The summed E-state index contributed by atoms with van der Waals surface area (Å²) in [4.78, 5) is 3.99. The SMILES string of the molecule is CNc1ccc(Oc2nc(Cl)cs2)cc1. The highest BCUT2D eigenvalue weighted by Crippen LogP contribution is 2.27. The summed E-state index contributed by atoms with van der Waals surface area (Å²) in [5.41, 5.74) is 1.04. The first kappa shape index (κ1) is 10.3. The number of benzene rings is 1. The summed E-state index contributed by atoms with van der Waals surface area (Å²) in [7, 11) is 1.87. The van der Waals surface area contributed by atoms with Crippen LogP contribution in [-0.4, -0.2) is 12.0 Å². The van der Waals surface area contributed by atoms with Gasteiger partial charge in [0, 0.05) is 18.1 Å². The van der Waals surface area contributed by atoms with Crippen molar-refractivity contribution >= 4 is 28.6 Å². The van der Waals surface area contributed by atoms with Gasteiger partial charge in [-0.3, -0.25) is 0 Å². The Morgan fingerprint density at radius 1 is 1.33 bits per heavy atom. The van der Waals surface area contributed by atoms with Gasteiger partial charge < -0.3 is 10.1 Å². The Hall–Kier alpha value is -1.26. The van der Waals surface area contributed by atoms with Gasteiger partial charge in [-0.1, -0.05) is 22.9 Å². The van der Waals surface area contributed by atoms with Gasteiger partial charge in [-0.2, -0.15) is 4.98 Å². The monoisotopic (exact) mass is 240 g/mol. The molecule has 0 aliphatic rings. The molecule has 0 aliphatic heterocycles. The van der Waals surface area contributed by atoms with Gasteiger partial charge in [0.25, 0.3) is 5.19 Å². The lowest BCUT2D eigenvalue weighted by Gasteiger charge is -2.03. The number of hydrogen-bond acceptors (Lipinski definition) is 4. The number of aromatic nitrogens is 1. The van der Waals surface area contributed by atoms with E-state index in [0.717, 1.165) is 11.4 Å². The lowest BCUT2D eigenvalue weighted by atomic mass is 10.3. The molecule has 2 aromatic rings. The van der Waals surface area contributed by atoms with Crippen LogP contribution in [0.1, 0.15) is 0 Å². The van der Waals surface area contributed by atoms with E-state index in [1.54, 1.807) is 5.38 Å². The van der Waals surface area contributed by atoms with Crippen LogP contribution in [0.3, 0.4) is 0 Å². The molecule has 1 aromatic carbocycles. The van der Waals surface area contributed by atoms with Crippen molar-refractivity contribution in [2.45, 2.75) is 0 Å². The quantitative estimate of drug-likeness (QED) is 0.890. The van der Waals surface area contributed by atoms with Crippen molar-refractivity contribution in [1.29, 1.82) is 0 Å². The zero-order chi connectivity index (χ0) is 10.7. The van der Waals surface area contributed by atoms with E-state index in [-0.39, 0.29) is 0 Å². The number of rotatable bonds is 3. The Morgan fingerprint density at radius 2 is 2.07 bits per heavy atom. The van der Waals surface area contributed by atoms with E-state index in [1.165, 1.54) is 11.3 Å². The van der Waals surface area contributed by atoms with Crippen molar-refractivity contribution in [1.82, 2.24) is 4.98 Å². The Kier molecular flexibility index (Phi) is 3.08. The molecule has 0 atom stereocenters. The van der Waals surface area contributed by atoms with Crippen molar-refractivity contribution in [2.24, 2.45) is 0 Å². The minimum absolute atomic E-state index is 0.460. The van der Waals surface area contributed by atoms with Crippen LogP contribution < -0.4 is 10.1 Å². The molecule has 15 heavy (non-hydrogen) atoms. The summed E-state index contributed by atoms with van der Waals surface area (Å²) in [5.74, 6) is 0.750. The van der Waals surface area contributed by atoms with E-state index in [9.17, 15) is 0 Å². The summed E-state index contributed by atoms with van der Waals surface area (Å²) in [6.45, 7) is 0. The number of hydrogen-bond donors (Lipinski definition) is 1. The van der Waals surface area contributed by atoms with Crippen molar-refractivity contribution in [3.63, 3.8) is 0 Å². The second-order valence-electron chi connectivity index (χ2n) is 2.81. The van der Waals surface area contributed by atoms with Crippen molar-refractivity contribution < 1.29 is 4.74 Å². The second-order valence-corrected chi connectivity index (χ2v) is 4.02. The molecule has 0 unspecified atom stereocenters. The highest BCUT2D eigenvalue weighted by molar-refractivity contribution is 7.11. The average molecular weight is 241 g/mol. The van der Waals surface area contributed by atoms with Crippen LogP contribution in [-0.2, 0) is 0 Å². The highest BCUT2D eigenvalue weighted by atomic mass is 35.5. The van der Waals surface area contributed by atoms with E-state index >= 15 is 0 Å². The molecular formula is C10H9ClN2OS. The normalized spacial score (nSPS) is 10.0. The molecule has 3 nitrogen and oxygen atoms in total. The summed E-state index contributed by atoms with van der Waals surface area (Å²) in [6, 6.07) is 7.62. The average Bonchev–Trinajstić information content (AvgIpc) is 2.65. The van der Waals surface area contributed by atoms with Gasteiger partial charge in [0.2, 0.25) is 0 Å². The van der Waals surface area contributed by atoms with Gasteiger partial charge in [-0.15, -0.1) is 0 Å². The maximum absolute atomic E-state index is 5.68. The zero-order valence-electron chi connectivity index (χ0n) is 8.03. The van der Waals surface area contributed by atoms with Gasteiger partial charge in [-0.05, 0) is 24.3 Å². The highest BCUT2D eigenvalue weighted by Gasteiger charge is 2.02. The number of nitrogens with one attached hydrogen (secondary N) is 1. The number of ether oxygens (including phenoxy) is 1. The van der Waals surface area contributed by atoms with Gasteiger partial charge in [0.1, 0.15) is 10.9 Å². The lowest BCUT2D eigenvalue weighted by Crippen LogP contribution is -1.87. The Bertz CT molecular complexity index is 441. The largest absolute Gasteiger partial charge is 0.431 e. The Morgan fingerprint density at radius 3 is 2.60 bits per heavy atom. The van der Waals surface area contributed by atoms with Gasteiger partial charge in [0.15, 0.2) is 0 Å². The van der Waals surface area contributed by atoms with Crippen LogP contribution in [0, 0.1) is 0 Å². The van der Waals surface area contributed by atoms with Crippen LogP contribution in [0.25, 0.3) is 0 Å². The fourth-order valence-corrected chi connectivity index (χ4v) is 1.88. The smallest absolute Gasteiger partial charge is 0.280 e. The molecule has 78 valence electrons. The van der Waals surface area contributed by atoms with Crippen LogP contribution in [0.2, 0.25) is 5.15 Å². The first-order valence-corrected chi connectivity index (χ1v) is 5.60. The van der Waals surface area contributed by atoms with Crippen LogP contribution in [0.15, 0.2) is 29.6 Å². The molecule has 5 heteroatoms. The van der Waals surface area contributed by atoms with Gasteiger partial charge in [-0.25, -0.2) is 0 Å². The summed E-state index contributed by atoms with van der Waals surface area (Å²) >= 11 is 7.06. The third-order valence-electron chi connectivity index (χ3n) is 1.80. The molecule has 1 aromatic heterocycles. The predicted molar refractivity (Wildman–Crippen MR) is 63.2 cm³/mol. The van der Waals surface area contributed by atoms with Crippen molar-refractivity contribution in [3.8, 4) is 10.9 Å². The maximum atomic E-state index is 5.68.